The molecule has 2 rings (SSSR count). The quantitative estimate of drug-likeness (QED) is 0.835. The molecule has 1 aliphatic heterocycles. The Kier molecular flexibility index (Phi) is 5.48. The van der Waals surface area contributed by atoms with Crippen molar-refractivity contribution in [3.63, 3.8) is 0 Å². The molecule has 0 radical (unpaired) electrons. The Hall–Kier alpha value is -0.570. The first-order chi connectivity index (χ1) is 9.58. The van der Waals surface area contributed by atoms with Gasteiger partial charge in [0.05, 0.1) is 12.2 Å². The van der Waals surface area contributed by atoms with Gasteiger partial charge in [-0.2, -0.15) is 0 Å². The fourth-order valence-electron chi connectivity index (χ4n) is 3.90. The molecule has 0 aromatic carbocycles. The molecule has 1 amide bonds. The number of nitrogens with zero attached hydrogens (tertiary/aromatic N) is 1. The number of carbonyl (C=O) groups is 1. The van der Waals surface area contributed by atoms with Crippen molar-refractivity contribution in [3.05, 3.63) is 0 Å². The molecule has 0 aromatic rings. The Morgan fingerprint density at radius 1 is 1.35 bits per heavy atom. The maximum absolute atomic E-state index is 12.9. The van der Waals surface area contributed by atoms with Gasteiger partial charge in [0.1, 0.15) is 0 Å². The lowest BCUT2D eigenvalue weighted by atomic mass is 9.85. The smallest absolute Gasteiger partial charge is 0.241 e. The molecule has 3 heteroatoms. The van der Waals surface area contributed by atoms with E-state index in [0.717, 1.165) is 25.2 Å². The highest BCUT2D eigenvalue weighted by Crippen LogP contribution is 2.32. The molecule has 0 bridgehead atoms. The monoisotopic (exact) mass is 280 g/mol. The van der Waals surface area contributed by atoms with Gasteiger partial charge in [-0.3, -0.25) is 10.1 Å². The van der Waals surface area contributed by atoms with Crippen molar-refractivity contribution in [1.29, 1.82) is 0 Å². The van der Waals surface area contributed by atoms with E-state index in [0.29, 0.717) is 17.9 Å². The summed E-state index contributed by atoms with van der Waals surface area (Å²) in [5.41, 5.74) is 0. The summed E-state index contributed by atoms with van der Waals surface area (Å²) in [6, 6.07) is 0.526. The van der Waals surface area contributed by atoms with E-state index in [2.05, 4.69) is 37.9 Å². The van der Waals surface area contributed by atoms with Crippen LogP contribution in [0, 0.1) is 11.8 Å². The van der Waals surface area contributed by atoms with Crippen LogP contribution in [0.25, 0.3) is 0 Å². The van der Waals surface area contributed by atoms with E-state index in [1.165, 1.54) is 25.7 Å². The van der Waals surface area contributed by atoms with E-state index in [-0.39, 0.29) is 12.2 Å². The molecular weight excluding hydrogens is 248 g/mol. The molecule has 1 aliphatic carbocycles. The molecule has 0 spiro atoms. The van der Waals surface area contributed by atoms with Gasteiger partial charge in [-0.25, -0.2) is 0 Å². The second-order valence-electron chi connectivity index (χ2n) is 7.01. The van der Waals surface area contributed by atoms with Crippen molar-refractivity contribution < 1.29 is 4.79 Å². The largest absolute Gasteiger partial charge is 0.323 e. The number of hydrogen-bond donors (Lipinski definition) is 1. The second-order valence-corrected chi connectivity index (χ2v) is 7.01. The van der Waals surface area contributed by atoms with Gasteiger partial charge in [0.15, 0.2) is 0 Å². The first-order valence-corrected chi connectivity index (χ1v) is 8.66. The summed E-state index contributed by atoms with van der Waals surface area (Å²) in [7, 11) is 0. The molecule has 0 aromatic heterocycles. The van der Waals surface area contributed by atoms with Crippen LogP contribution >= 0.6 is 0 Å². The van der Waals surface area contributed by atoms with Gasteiger partial charge in [0, 0.05) is 6.04 Å². The van der Waals surface area contributed by atoms with Crippen LogP contribution in [0.3, 0.4) is 0 Å². The Balaban J connectivity index is 2.12. The molecule has 5 atom stereocenters. The molecule has 116 valence electrons. The summed E-state index contributed by atoms with van der Waals surface area (Å²) < 4.78 is 0. The van der Waals surface area contributed by atoms with Gasteiger partial charge < -0.3 is 4.90 Å². The topological polar surface area (TPSA) is 32.3 Å². The highest BCUT2D eigenvalue weighted by molar-refractivity contribution is 5.85. The number of nitrogens with one attached hydrogen (secondary N) is 1. The van der Waals surface area contributed by atoms with Crippen LogP contribution in [-0.4, -0.2) is 29.1 Å². The number of hydrogen-bond acceptors (Lipinski definition) is 2. The zero-order valence-corrected chi connectivity index (χ0v) is 13.7. The third-order valence-corrected chi connectivity index (χ3v) is 5.31. The number of carbonyl (C=O) groups excluding carboxylic acids is 1. The molecule has 3 nitrogen and oxygen atoms in total. The van der Waals surface area contributed by atoms with Gasteiger partial charge in [0.2, 0.25) is 5.91 Å². The predicted octanol–water partition coefficient (Wildman–Crippen LogP) is 3.54. The highest BCUT2D eigenvalue weighted by atomic mass is 16.2. The van der Waals surface area contributed by atoms with E-state index in [1.54, 1.807) is 0 Å². The summed E-state index contributed by atoms with van der Waals surface area (Å²) in [4.78, 5) is 15.1. The third-order valence-electron chi connectivity index (χ3n) is 5.31. The lowest BCUT2D eigenvalue weighted by molar-refractivity contribution is -0.134. The number of amides is 1. The van der Waals surface area contributed by atoms with Crippen molar-refractivity contribution in [3.8, 4) is 0 Å². The molecule has 5 unspecified atom stereocenters. The van der Waals surface area contributed by atoms with Crippen LogP contribution in [0.5, 0.6) is 0 Å². The Morgan fingerprint density at radius 3 is 2.70 bits per heavy atom. The molecule has 2 aliphatic rings. The maximum atomic E-state index is 12.9. The Morgan fingerprint density at radius 2 is 2.10 bits per heavy atom. The summed E-state index contributed by atoms with van der Waals surface area (Å²) in [6.45, 7) is 8.93. The number of rotatable bonds is 5. The van der Waals surface area contributed by atoms with Gasteiger partial charge in [0.25, 0.3) is 0 Å². The first-order valence-electron chi connectivity index (χ1n) is 8.66. The van der Waals surface area contributed by atoms with Crippen LogP contribution in [0.1, 0.15) is 72.6 Å². The second kappa shape index (κ2) is 6.93. The average Bonchev–Trinajstić information content (AvgIpc) is 2.75. The van der Waals surface area contributed by atoms with Crippen molar-refractivity contribution in [2.45, 2.75) is 90.9 Å². The molecule has 20 heavy (non-hydrogen) atoms. The van der Waals surface area contributed by atoms with E-state index in [9.17, 15) is 4.79 Å². The van der Waals surface area contributed by atoms with Crippen LogP contribution in [-0.2, 0) is 4.79 Å². The maximum Gasteiger partial charge on any atom is 0.241 e. The van der Waals surface area contributed by atoms with Crippen molar-refractivity contribution in [2.24, 2.45) is 11.8 Å². The molecule has 1 heterocycles. The van der Waals surface area contributed by atoms with Crippen LogP contribution < -0.4 is 5.32 Å². The normalized spacial score (nSPS) is 36.4. The van der Waals surface area contributed by atoms with Crippen molar-refractivity contribution in [1.82, 2.24) is 10.2 Å². The average molecular weight is 280 g/mol. The molecule has 1 saturated heterocycles. The summed E-state index contributed by atoms with van der Waals surface area (Å²) in [5, 5.41) is 3.63. The summed E-state index contributed by atoms with van der Waals surface area (Å²) in [5.74, 6) is 1.58. The Labute approximate surface area is 124 Å². The minimum atomic E-state index is 0.0498. The highest BCUT2D eigenvalue weighted by Gasteiger charge is 2.44. The van der Waals surface area contributed by atoms with Crippen LogP contribution in [0.4, 0.5) is 0 Å². The molecule has 2 fully saturated rings. The minimum Gasteiger partial charge on any atom is -0.323 e. The summed E-state index contributed by atoms with van der Waals surface area (Å²) >= 11 is 0. The van der Waals surface area contributed by atoms with E-state index in [4.69, 9.17) is 0 Å². The zero-order chi connectivity index (χ0) is 14.7. The third kappa shape index (κ3) is 3.19. The van der Waals surface area contributed by atoms with Crippen LogP contribution in [0.2, 0.25) is 0 Å². The summed E-state index contributed by atoms with van der Waals surface area (Å²) in [6.07, 6.45) is 8.58. The fraction of sp³-hybridized carbons (Fsp3) is 0.941. The van der Waals surface area contributed by atoms with E-state index < -0.39 is 0 Å². The Bertz CT molecular complexity index is 331. The van der Waals surface area contributed by atoms with Gasteiger partial charge in [-0.05, 0) is 31.1 Å². The molecular formula is C17H32N2O. The van der Waals surface area contributed by atoms with Gasteiger partial charge in [-0.15, -0.1) is 0 Å². The van der Waals surface area contributed by atoms with Crippen LogP contribution in [0.15, 0.2) is 0 Å². The predicted molar refractivity (Wildman–Crippen MR) is 83.3 cm³/mol. The van der Waals surface area contributed by atoms with Gasteiger partial charge >= 0.3 is 0 Å². The first kappa shape index (κ1) is 15.8. The van der Waals surface area contributed by atoms with E-state index in [1.807, 2.05) is 0 Å². The lowest BCUT2D eigenvalue weighted by Crippen LogP contribution is -2.46. The standard InChI is InChI=1S/C17H32N2O/c1-5-8-15-18-16(13(4)6-2)17(20)19(15)14-10-7-9-12(3)11-14/h12-16,18H,5-11H2,1-4H3. The molecule has 1 N–H and O–H groups in total. The fourth-order valence-corrected chi connectivity index (χ4v) is 3.90. The minimum absolute atomic E-state index is 0.0498. The van der Waals surface area contributed by atoms with Gasteiger partial charge in [-0.1, -0.05) is 53.4 Å². The molecule has 1 saturated carbocycles. The van der Waals surface area contributed by atoms with Crippen molar-refractivity contribution >= 4 is 5.91 Å². The van der Waals surface area contributed by atoms with Crippen molar-refractivity contribution in [2.75, 3.05) is 0 Å². The SMILES string of the molecule is CCCC1NC(C(C)CC)C(=O)N1C1CCCC(C)C1. The lowest BCUT2D eigenvalue weighted by Gasteiger charge is -2.37. The van der Waals surface area contributed by atoms with E-state index >= 15 is 0 Å². The zero-order valence-electron chi connectivity index (χ0n) is 13.7.